The van der Waals surface area contributed by atoms with Crippen molar-refractivity contribution in [3.8, 4) is 5.75 Å². The molecule has 122 valence electrons. The van der Waals surface area contributed by atoms with Gasteiger partial charge in [-0.1, -0.05) is 5.16 Å². The summed E-state index contributed by atoms with van der Waals surface area (Å²) < 4.78 is 10.6. The predicted octanol–water partition coefficient (Wildman–Crippen LogP) is 2.62. The van der Waals surface area contributed by atoms with Gasteiger partial charge in [-0.05, 0) is 50.5 Å². The number of nitrogens with zero attached hydrogens (tertiary/aromatic N) is 2. The highest BCUT2D eigenvalue weighted by Crippen LogP contribution is 2.36. The number of rotatable bonds is 7. The zero-order valence-corrected chi connectivity index (χ0v) is 13.2. The molecule has 2 N–H and O–H groups in total. The first-order chi connectivity index (χ1) is 11.1. The number of ketones is 1. The predicted molar refractivity (Wildman–Crippen MR) is 84.3 cm³/mol. The average molecular weight is 315 g/mol. The lowest BCUT2D eigenvalue weighted by Crippen LogP contribution is -2.44. The maximum absolute atomic E-state index is 12.2. The highest BCUT2D eigenvalue weighted by molar-refractivity contribution is 5.96. The summed E-state index contributed by atoms with van der Waals surface area (Å²) in [6.45, 7) is 2.53. The maximum atomic E-state index is 12.2. The molecule has 1 heterocycles. The van der Waals surface area contributed by atoms with E-state index < -0.39 is 5.54 Å². The van der Waals surface area contributed by atoms with Crippen molar-refractivity contribution in [1.82, 2.24) is 10.1 Å². The van der Waals surface area contributed by atoms with Crippen molar-refractivity contribution in [2.24, 2.45) is 5.73 Å². The Balaban J connectivity index is 1.56. The number of nitrogens with two attached hydrogens (primary N) is 1. The van der Waals surface area contributed by atoms with E-state index in [1.165, 1.54) is 0 Å². The van der Waals surface area contributed by atoms with Crippen LogP contribution in [0.1, 0.15) is 54.7 Å². The molecule has 1 aromatic carbocycles. The van der Waals surface area contributed by atoms with Crippen LogP contribution in [0.3, 0.4) is 0 Å². The Bertz CT molecular complexity index is 675. The Kier molecular flexibility index (Phi) is 4.43. The number of aromatic nitrogens is 2. The molecule has 0 spiro atoms. The van der Waals surface area contributed by atoms with Gasteiger partial charge in [0.05, 0.1) is 12.1 Å². The van der Waals surface area contributed by atoms with Gasteiger partial charge in [0.2, 0.25) is 5.89 Å². The van der Waals surface area contributed by atoms with Gasteiger partial charge in [0.1, 0.15) is 5.75 Å². The van der Waals surface area contributed by atoms with Gasteiger partial charge >= 0.3 is 0 Å². The van der Waals surface area contributed by atoms with E-state index in [1.807, 2.05) is 6.92 Å². The van der Waals surface area contributed by atoms with Crippen molar-refractivity contribution in [1.29, 1.82) is 0 Å². The highest BCUT2D eigenvalue weighted by atomic mass is 16.5. The molecule has 0 amide bonds. The SMILES string of the molecule is CCOc1ccc(C(=O)CCc2nc(C3(N)CCC3)no2)cc1. The van der Waals surface area contributed by atoms with Crippen molar-refractivity contribution in [2.75, 3.05) is 6.61 Å². The van der Waals surface area contributed by atoms with E-state index in [0.29, 0.717) is 36.7 Å². The number of carbonyl (C=O) groups excluding carboxylic acids is 1. The van der Waals surface area contributed by atoms with E-state index >= 15 is 0 Å². The second-order valence-corrected chi connectivity index (χ2v) is 5.90. The molecular formula is C17H21N3O3. The smallest absolute Gasteiger partial charge is 0.227 e. The molecule has 23 heavy (non-hydrogen) atoms. The van der Waals surface area contributed by atoms with Crippen LogP contribution in [0.15, 0.2) is 28.8 Å². The molecule has 0 saturated heterocycles. The summed E-state index contributed by atoms with van der Waals surface area (Å²) in [6, 6.07) is 7.15. The molecule has 0 atom stereocenters. The Morgan fingerprint density at radius 2 is 2.09 bits per heavy atom. The summed E-state index contributed by atoms with van der Waals surface area (Å²) in [6.07, 6.45) is 3.62. The standard InChI is InChI=1S/C17H21N3O3/c1-2-22-13-6-4-12(5-7-13)14(21)8-9-15-19-16(20-23-15)17(18)10-3-11-17/h4-7H,2-3,8-11,18H2,1H3. The molecule has 1 aliphatic carbocycles. The second kappa shape index (κ2) is 6.50. The van der Waals surface area contributed by atoms with Crippen LogP contribution < -0.4 is 10.5 Å². The van der Waals surface area contributed by atoms with Crippen LogP contribution in [0.2, 0.25) is 0 Å². The zero-order valence-electron chi connectivity index (χ0n) is 13.2. The molecular weight excluding hydrogens is 294 g/mol. The van der Waals surface area contributed by atoms with Crippen molar-refractivity contribution < 1.29 is 14.1 Å². The lowest BCUT2D eigenvalue weighted by atomic mass is 9.77. The first kappa shape index (κ1) is 15.7. The van der Waals surface area contributed by atoms with Crippen molar-refractivity contribution in [2.45, 2.75) is 44.6 Å². The molecule has 0 unspecified atom stereocenters. The summed E-state index contributed by atoms with van der Waals surface area (Å²) >= 11 is 0. The highest BCUT2D eigenvalue weighted by Gasteiger charge is 2.38. The number of carbonyl (C=O) groups is 1. The third-order valence-corrected chi connectivity index (χ3v) is 4.21. The number of aryl methyl sites for hydroxylation is 1. The molecule has 6 heteroatoms. The van der Waals surface area contributed by atoms with E-state index in [2.05, 4.69) is 10.1 Å². The third-order valence-electron chi connectivity index (χ3n) is 4.21. The lowest BCUT2D eigenvalue weighted by Gasteiger charge is -2.34. The van der Waals surface area contributed by atoms with E-state index in [0.717, 1.165) is 25.0 Å². The van der Waals surface area contributed by atoms with Gasteiger partial charge in [-0.15, -0.1) is 0 Å². The minimum atomic E-state index is -0.430. The topological polar surface area (TPSA) is 91.2 Å². The second-order valence-electron chi connectivity index (χ2n) is 5.90. The van der Waals surface area contributed by atoms with Crippen LogP contribution in [0, 0.1) is 0 Å². The Labute approximate surface area is 135 Å². The number of hydrogen-bond acceptors (Lipinski definition) is 6. The van der Waals surface area contributed by atoms with Crippen molar-refractivity contribution >= 4 is 5.78 Å². The maximum Gasteiger partial charge on any atom is 0.227 e. The molecule has 1 aliphatic rings. The average Bonchev–Trinajstić information content (AvgIpc) is 3.00. The number of hydrogen-bond donors (Lipinski definition) is 1. The zero-order chi connectivity index (χ0) is 16.3. The quantitative estimate of drug-likeness (QED) is 0.790. The molecule has 0 radical (unpaired) electrons. The molecule has 0 aliphatic heterocycles. The Morgan fingerprint density at radius 3 is 2.70 bits per heavy atom. The Hall–Kier alpha value is -2.21. The van der Waals surface area contributed by atoms with Gasteiger partial charge in [-0.3, -0.25) is 4.79 Å². The molecule has 1 fully saturated rings. The first-order valence-corrected chi connectivity index (χ1v) is 7.99. The van der Waals surface area contributed by atoms with E-state index in [4.69, 9.17) is 15.0 Å². The van der Waals surface area contributed by atoms with E-state index in [9.17, 15) is 4.79 Å². The third kappa shape index (κ3) is 3.42. The summed E-state index contributed by atoms with van der Waals surface area (Å²) in [5.41, 5.74) is 6.38. The normalized spacial score (nSPS) is 15.9. The van der Waals surface area contributed by atoms with Crippen molar-refractivity contribution in [3.63, 3.8) is 0 Å². The minimum Gasteiger partial charge on any atom is -0.494 e. The monoisotopic (exact) mass is 315 g/mol. The number of Topliss-reactive ketones (excluding diaryl/α,β-unsaturated/α-hetero) is 1. The van der Waals surface area contributed by atoms with Gasteiger partial charge in [-0.2, -0.15) is 4.98 Å². The van der Waals surface area contributed by atoms with Crippen LogP contribution >= 0.6 is 0 Å². The summed E-state index contributed by atoms with van der Waals surface area (Å²) in [7, 11) is 0. The molecule has 3 rings (SSSR count). The van der Waals surface area contributed by atoms with Gasteiger partial charge < -0.3 is 15.0 Å². The van der Waals surface area contributed by atoms with Crippen LogP contribution in [0.5, 0.6) is 5.75 Å². The van der Waals surface area contributed by atoms with E-state index in [-0.39, 0.29) is 5.78 Å². The minimum absolute atomic E-state index is 0.0407. The fourth-order valence-electron chi connectivity index (χ4n) is 2.61. The molecule has 1 saturated carbocycles. The molecule has 0 bridgehead atoms. The number of ether oxygens (including phenoxy) is 1. The fourth-order valence-corrected chi connectivity index (χ4v) is 2.61. The summed E-state index contributed by atoms with van der Waals surface area (Å²) in [5.74, 6) is 1.83. The number of benzene rings is 1. The van der Waals surface area contributed by atoms with Crippen LogP contribution in [-0.4, -0.2) is 22.5 Å². The summed E-state index contributed by atoms with van der Waals surface area (Å²) in [4.78, 5) is 16.5. The van der Waals surface area contributed by atoms with Gasteiger partial charge in [0.15, 0.2) is 11.6 Å². The van der Waals surface area contributed by atoms with Crippen LogP contribution in [-0.2, 0) is 12.0 Å². The molecule has 1 aromatic heterocycles. The fraction of sp³-hybridized carbons (Fsp3) is 0.471. The Morgan fingerprint density at radius 1 is 1.35 bits per heavy atom. The molecule has 6 nitrogen and oxygen atoms in total. The van der Waals surface area contributed by atoms with Crippen LogP contribution in [0.25, 0.3) is 0 Å². The largest absolute Gasteiger partial charge is 0.494 e. The van der Waals surface area contributed by atoms with Gasteiger partial charge in [0.25, 0.3) is 0 Å². The van der Waals surface area contributed by atoms with Crippen LogP contribution in [0.4, 0.5) is 0 Å². The first-order valence-electron chi connectivity index (χ1n) is 7.99. The van der Waals surface area contributed by atoms with Gasteiger partial charge in [-0.25, -0.2) is 0 Å². The molecule has 2 aromatic rings. The van der Waals surface area contributed by atoms with Gasteiger partial charge in [0, 0.05) is 18.4 Å². The van der Waals surface area contributed by atoms with Crippen molar-refractivity contribution in [3.05, 3.63) is 41.5 Å². The van der Waals surface area contributed by atoms with E-state index in [1.54, 1.807) is 24.3 Å². The summed E-state index contributed by atoms with van der Waals surface area (Å²) in [5, 5.41) is 3.95. The lowest BCUT2D eigenvalue weighted by molar-refractivity contribution is 0.0979.